The SMILES string of the molecule is CN(C)CCN1CCCC(n2nc(C(=O)N3CCOCC3)c3c2-c2ccccc2S(O)(O)C3)C1. The fourth-order valence-electron chi connectivity index (χ4n) is 5.25. The molecule has 0 spiro atoms. The number of ether oxygens (including phenoxy) is 1. The van der Waals surface area contributed by atoms with Crippen molar-refractivity contribution in [1.29, 1.82) is 0 Å². The molecule has 1 aromatic heterocycles. The van der Waals surface area contributed by atoms with Gasteiger partial charge >= 0.3 is 0 Å². The summed E-state index contributed by atoms with van der Waals surface area (Å²) in [5.74, 6) is -0.116. The van der Waals surface area contributed by atoms with Crippen molar-refractivity contribution < 1.29 is 18.6 Å². The van der Waals surface area contributed by atoms with Gasteiger partial charge in [0.25, 0.3) is 5.91 Å². The number of carbonyl (C=O) groups is 1. The molecule has 4 heterocycles. The number of fused-ring (bicyclic) bond motifs is 3. The number of nitrogens with zero attached hydrogens (tertiary/aromatic N) is 5. The Morgan fingerprint density at radius 1 is 1.21 bits per heavy atom. The molecule has 2 aromatic rings. The van der Waals surface area contributed by atoms with Gasteiger partial charge in [0.05, 0.1) is 35.6 Å². The molecule has 2 saturated heterocycles. The highest BCUT2D eigenvalue weighted by atomic mass is 32.3. The van der Waals surface area contributed by atoms with E-state index in [1.165, 1.54) is 0 Å². The molecular formula is C24H35N5O4S. The number of hydrogen-bond acceptors (Lipinski definition) is 7. The largest absolute Gasteiger partial charge is 0.378 e. The van der Waals surface area contributed by atoms with Crippen LogP contribution in [0.5, 0.6) is 0 Å². The van der Waals surface area contributed by atoms with E-state index in [1.54, 1.807) is 11.0 Å². The van der Waals surface area contributed by atoms with E-state index in [1.807, 2.05) is 22.9 Å². The van der Waals surface area contributed by atoms with E-state index in [9.17, 15) is 13.9 Å². The predicted octanol–water partition coefficient (Wildman–Crippen LogP) is 2.84. The van der Waals surface area contributed by atoms with Gasteiger partial charge in [-0.1, -0.05) is 18.2 Å². The van der Waals surface area contributed by atoms with Gasteiger partial charge in [0, 0.05) is 43.9 Å². The minimum Gasteiger partial charge on any atom is -0.378 e. The second kappa shape index (κ2) is 9.60. The first-order valence-electron chi connectivity index (χ1n) is 12.1. The summed E-state index contributed by atoms with van der Waals surface area (Å²) in [4.78, 5) is 20.5. The molecule has 0 aliphatic carbocycles. The Kier molecular flexibility index (Phi) is 6.71. The van der Waals surface area contributed by atoms with Crippen LogP contribution < -0.4 is 0 Å². The Morgan fingerprint density at radius 3 is 2.74 bits per heavy atom. The van der Waals surface area contributed by atoms with E-state index < -0.39 is 10.6 Å². The Hall–Kier alpha value is -1.95. The lowest BCUT2D eigenvalue weighted by atomic mass is 10.0. The number of likely N-dealkylation sites (tertiary alicyclic amines) is 1. The summed E-state index contributed by atoms with van der Waals surface area (Å²) in [6, 6.07) is 7.59. The third kappa shape index (κ3) is 4.50. The summed E-state index contributed by atoms with van der Waals surface area (Å²) in [7, 11) is 1.12. The molecule has 186 valence electrons. The third-order valence-corrected chi connectivity index (χ3v) is 8.79. The van der Waals surface area contributed by atoms with Crippen LogP contribution in [0.15, 0.2) is 29.2 Å². The van der Waals surface area contributed by atoms with Crippen molar-refractivity contribution in [3.05, 3.63) is 35.5 Å². The van der Waals surface area contributed by atoms with Gasteiger partial charge < -0.3 is 14.5 Å². The van der Waals surface area contributed by atoms with Crippen molar-refractivity contribution in [3.63, 3.8) is 0 Å². The Labute approximate surface area is 202 Å². The standard InChI is InChI=1S/C24H35N5O4S/c1-26(2)10-11-27-9-5-6-18(16-27)29-23-19-7-3-4-8-21(19)34(31,32)17-20(23)22(25-29)24(30)28-12-14-33-15-13-28/h3-4,7-8,18,31-32H,5-6,9-17H2,1-2H3. The van der Waals surface area contributed by atoms with E-state index in [0.717, 1.165) is 50.3 Å². The summed E-state index contributed by atoms with van der Waals surface area (Å²) >= 11 is 0. The first-order chi connectivity index (χ1) is 16.3. The average molecular weight is 490 g/mol. The predicted molar refractivity (Wildman–Crippen MR) is 132 cm³/mol. The minimum atomic E-state index is -3.05. The second-order valence-corrected chi connectivity index (χ2v) is 11.8. The van der Waals surface area contributed by atoms with Crippen LogP contribution in [0.2, 0.25) is 0 Å². The van der Waals surface area contributed by atoms with Crippen LogP contribution in [0.1, 0.15) is 34.9 Å². The van der Waals surface area contributed by atoms with Crippen LogP contribution >= 0.6 is 10.6 Å². The molecule has 0 radical (unpaired) electrons. The number of amides is 1. The van der Waals surface area contributed by atoms with E-state index in [-0.39, 0.29) is 17.7 Å². The molecule has 2 fully saturated rings. The van der Waals surface area contributed by atoms with Crippen molar-refractivity contribution in [1.82, 2.24) is 24.5 Å². The van der Waals surface area contributed by atoms with Crippen molar-refractivity contribution in [2.24, 2.45) is 0 Å². The topological polar surface area (TPSA) is 94.3 Å². The summed E-state index contributed by atoms with van der Waals surface area (Å²) in [6.45, 7) is 5.98. The molecular weight excluding hydrogens is 454 g/mol. The molecule has 3 aliphatic heterocycles. The number of likely N-dealkylation sites (N-methyl/N-ethyl adjacent to an activating group) is 1. The van der Waals surface area contributed by atoms with Crippen LogP contribution in [0.3, 0.4) is 0 Å². The highest BCUT2D eigenvalue weighted by Crippen LogP contribution is 2.60. The van der Waals surface area contributed by atoms with Gasteiger partial charge in [-0.05, 0) is 39.5 Å². The van der Waals surface area contributed by atoms with E-state index >= 15 is 0 Å². The number of piperidine rings is 1. The smallest absolute Gasteiger partial charge is 0.274 e. The Morgan fingerprint density at radius 2 is 1.97 bits per heavy atom. The fourth-order valence-corrected chi connectivity index (χ4v) is 6.89. The lowest BCUT2D eigenvalue weighted by Crippen LogP contribution is -2.41. The molecule has 1 unspecified atom stereocenters. The number of rotatable bonds is 5. The molecule has 10 heteroatoms. The Balaban J connectivity index is 1.56. The number of benzene rings is 1. The van der Waals surface area contributed by atoms with Crippen molar-refractivity contribution in [3.8, 4) is 11.3 Å². The third-order valence-electron chi connectivity index (χ3n) is 7.04. The molecule has 1 atom stereocenters. The molecule has 0 bridgehead atoms. The molecule has 1 amide bonds. The maximum Gasteiger partial charge on any atom is 0.274 e. The molecule has 34 heavy (non-hydrogen) atoms. The van der Waals surface area contributed by atoms with Gasteiger partial charge in [-0.2, -0.15) is 15.7 Å². The summed E-state index contributed by atoms with van der Waals surface area (Å²) in [5.41, 5.74) is 2.68. The summed E-state index contributed by atoms with van der Waals surface area (Å²) < 4.78 is 29.5. The number of carbonyl (C=O) groups excluding carboxylic acids is 1. The van der Waals surface area contributed by atoms with E-state index in [2.05, 4.69) is 23.9 Å². The van der Waals surface area contributed by atoms with E-state index in [0.29, 0.717) is 42.5 Å². The maximum atomic E-state index is 13.6. The normalized spacial score (nSPS) is 23.4. The minimum absolute atomic E-state index is 0.0296. The van der Waals surface area contributed by atoms with Crippen molar-refractivity contribution in [2.45, 2.75) is 29.5 Å². The molecule has 2 N–H and O–H groups in total. The molecule has 1 aromatic carbocycles. The monoisotopic (exact) mass is 489 g/mol. The van der Waals surface area contributed by atoms with Gasteiger partial charge in [0.2, 0.25) is 0 Å². The number of aromatic nitrogens is 2. The van der Waals surface area contributed by atoms with Crippen LogP contribution in [0.4, 0.5) is 0 Å². The van der Waals surface area contributed by atoms with Crippen LogP contribution in [0, 0.1) is 0 Å². The lowest BCUT2D eigenvalue weighted by molar-refractivity contribution is 0.0297. The van der Waals surface area contributed by atoms with Crippen LogP contribution in [-0.4, -0.2) is 106 Å². The van der Waals surface area contributed by atoms with Crippen LogP contribution in [0.25, 0.3) is 11.3 Å². The second-order valence-electron chi connectivity index (χ2n) is 9.73. The van der Waals surface area contributed by atoms with Gasteiger partial charge in [-0.25, -0.2) is 0 Å². The number of hydrogen-bond donors (Lipinski definition) is 2. The molecule has 9 nitrogen and oxygen atoms in total. The zero-order chi connectivity index (χ0) is 23.9. The van der Waals surface area contributed by atoms with Gasteiger partial charge in [0.15, 0.2) is 5.69 Å². The van der Waals surface area contributed by atoms with Crippen molar-refractivity contribution >= 4 is 16.5 Å². The molecule has 3 aliphatic rings. The fraction of sp³-hybridized carbons (Fsp3) is 0.583. The molecule has 0 saturated carbocycles. The van der Waals surface area contributed by atoms with Gasteiger partial charge in [0.1, 0.15) is 0 Å². The molecule has 5 rings (SSSR count). The summed E-state index contributed by atoms with van der Waals surface area (Å²) in [5, 5.41) is 4.92. The first kappa shape index (κ1) is 23.8. The zero-order valence-corrected chi connectivity index (χ0v) is 20.8. The lowest BCUT2D eigenvalue weighted by Gasteiger charge is -2.39. The van der Waals surface area contributed by atoms with E-state index in [4.69, 9.17) is 9.84 Å². The first-order valence-corrected chi connectivity index (χ1v) is 13.8. The summed E-state index contributed by atoms with van der Waals surface area (Å²) in [6.07, 6.45) is 2.05. The maximum absolute atomic E-state index is 13.6. The van der Waals surface area contributed by atoms with Crippen LogP contribution in [-0.2, 0) is 10.5 Å². The average Bonchev–Trinajstić information content (AvgIpc) is 3.22. The van der Waals surface area contributed by atoms with Gasteiger partial charge in [-0.15, -0.1) is 0 Å². The Bertz CT molecular complexity index is 1050. The van der Waals surface area contributed by atoms with Crippen molar-refractivity contribution in [2.75, 3.05) is 66.6 Å². The zero-order valence-electron chi connectivity index (χ0n) is 20.0. The van der Waals surface area contributed by atoms with Gasteiger partial charge in [-0.3, -0.25) is 23.5 Å². The highest BCUT2D eigenvalue weighted by Gasteiger charge is 2.39. The highest BCUT2D eigenvalue weighted by molar-refractivity contribution is 8.23. The quantitative estimate of drug-likeness (QED) is 0.667. The number of morpholine rings is 1.